The van der Waals surface area contributed by atoms with Crippen molar-refractivity contribution in [2.45, 2.75) is 58.4 Å². The molecule has 140 valence electrons. The summed E-state index contributed by atoms with van der Waals surface area (Å²) in [5, 5.41) is 32.6. The lowest BCUT2D eigenvalue weighted by atomic mass is 9.80. The maximum Gasteiger partial charge on any atom is 0.269 e. The number of nitro groups is 1. The van der Waals surface area contributed by atoms with Crippen LogP contribution in [-0.2, 0) is 12.0 Å². The predicted octanol–water partition coefficient (Wildman–Crippen LogP) is 4.69. The van der Waals surface area contributed by atoms with Gasteiger partial charge in [-0.3, -0.25) is 14.7 Å². The van der Waals surface area contributed by atoms with Gasteiger partial charge in [0, 0.05) is 29.8 Å². The Balaban J connectivity index is 1.97. The number of fused-ring (bicyclic) bond motifs is 1. The molecule has 0 aliphatic heterocycles. The van der Waals surface area contributed by atoms with Gasteiger partial charge < -0.3 is 10.2 Å². The Bertz CT molecular complexity index is 811. The third kappa shape index (κ3) is 2.55. The minimum absolute atomic E-state index is 0.0177. The van der Waals surface area contributed by atoms with Gasteiger partial charge in [-0.25, -0.2) is 0 Å². The number of aromatic nitrogens is 1. The molecule has 0 amide bonds. The highest BCUT2D eigenvalue weighted by atomic mass is 16.6. The number of non-ortho nitro benzene ring substituents is 1. The Morgan fingerprint density at radius 3 is 2.35 bits per heavy atom. The van der Waals surface area contributed by atoms with Crippen LogP contribution in [0.3, 0.4) is 0 Å². The largest absolute Gasteiger partial charge is 0.494 e. The first-order valence-electron chi connectivity index (χ1n) is 9.27. The van der Waals surface area contributed by atoms with E-state index in [1.54, 1.807) is 16.7 Å². The van der Waals surface area contributed by atoms with E-state index in [1.807, 2.05) is 19.9 Å². The van der Waals surface area contributed by atoms with Gasteiger partial charge in [0.2, 0.25) is 0 Å². The fourth-order valence-electron chi connectivity index (χ4n) is 4.21. The first kappa shape index (κ1) is 18.3. The molecule has 2 aromatic rings. The van der Waals surface area contributed by atoms with Crippen molar-refractivity contribution in [3.05, 3.63) is 51.1 Å². The molecule has 3 rings (SSSR count). The molecule has 26 heavy (non-hydrogen) atoms. The lowest BCUT2D eigenvalue weighted by Gasteiger charge is -2.24. The van der Waals surface area contributed by atoms with Crippen molar-refractivity contribution in [2.24, 2.45) is 5.92 Å². The number of nitro benzene ring substituents is 1. The second-order valence-electron chi connectivity index (χ2n) is 7.38. The highest BCUT2D eigenvalue weighted by Gasteiger charge is 2.61. The standard InChI is InChI=1S/C20H26N2O4/c1-4-5-6-7-11-21-18(23)16-17(19(21)24)20(16,13(2)3)14-9-8-10-15(12-14)22(25)26/h8-10,12-13,23-24H,4-7,11H2,1-3H3. The molecule has 1 aromatic carbocycles. The summed E-state index contributed by atoms with van der Waals surface area (Å²) in [7, 11) is 0. The molecular formula is C20H26N2O4. The summed E-state index contributed by atoms with van der Waals surface area (Å²) >= 11 is 0. The molecule has 0 saturated heterocycles. The zero-order valence-electron chi connectivity index (χ0n) is 15.5. The summed E-state index contributed by atoms with van der Waals surface area (Å²) in [4.78, 5) is 10.7. The molecule has 6 heteroatoms. The number of benzene rings is 1. The van der Waals surface area contributed by atoms with E-state index >= 15 is 0 Å². The van der Waals surface area contributed by atoms with Gasteiger partial charge in [0.1, 0.15) is 0 Å². The smallest absolute Gasteiger partial charge is 0.269 e. The fraction of sp³-hybridized carbons (Fsp3) is 0.500. The van der Waals surface area contributed by atoms with Gasteiger partial charge in [-0.1, -0.05) is 52.2 Å². The van der Waals surface area contributed by atoms with E-state index in [-0.39, 0.29) is 23.4 Å². The van der Waals surface area contributed by atoms with Gasteiger partial charge in [-0.2, -0.15) is 0 Å². The molecule has 1 aliphatic carbocycles. The molecule has 0 bridgehead atoms. The summed E-state index contributed by atoms with van der Waals surface area (Å²) in [6.45, 7) is 6.72. The van der Waals surface area contributed by atoms with Crippen LogP contribution in [-0.4, -0.2) is 19.7 Å². The average molecular weight is 358 g/mol. The molecule has 0 fully saturated rings. The van der Waals surface area contributed by atoms with Crippen molar-refractivity contribution in [2.75, 3.05) is 0 Å². The zero-order chi connectivity index (χ0) is 19.1. The van der Waals surface area contributed by atoms with Crippen LogP contribution in [0.4, 0.5) is 5.69 Å². The molecule has 2 N–H and O–H groups in total. The lowest BCUT2D eigenvalue weighted by molar-refractivity contribution is -0.384. The van der Waals surface area contributed by atoms with E-state index < -0.39 is 10.3 Å². The number of aromatic hydroxyl groups is 2. The second kappa shape index (κ2) is 6.67. The highest BCUT2D eigenvalue weighted by Crippen LogP contribution is 2.67. The SMILES string of the molecule is CCCCCCn1c(O)c2c(c1O)C2(c1cccc([N+](=O)[O-])c1)C(C)C. The summed E-state index contributed by atoms with van der Waals surface area (Å²) in [6, 6.07) is 6.49. The van der Waals surface area contributed by atoms with Crippen molar-refractivity contribution in [3.8, 4) is 11.8 Å². The van der Waals surface area contributed by atoms with Gasteiger partial charge in [0.25, 0.3) is 5.69 Å². The summed E-state index contributed by atoms with van der Waals surface area (Å²) in [5.41, 5.74) is 1.54. The Kier molecular flexibility index (Phi) is 4.69. The van der Waals surface area contributed by atoms with Crippen molar-refractivity contribution >= 4 is 5.69 Å². The fourth-order valence-corrected chi connectivity index (χ4v) is 4.21. The first-order valence-corrected chi connectivity index (χ1v) is 9.27. The number of nitrogens with zero attached hydrogens (tertiary/aromatic N) is 2. The van der Waals surface area contributed by atoms with Crippen LogP contribution in [0.25, 0.3) is 0 Å². The lowest BCUT2D eigenvalue weighted by Crippen LogP contribution is -2.21. The van der Waals surface area contributed by atoms with Crippen molar-refractivity contribution in [1.82, 2.24) is 4.57 Å². The average Bonchev–Trinajstić information content (AvgIpc) is 3.26. The molecule has 0 atom stereocenters. The van der Waals surface area contributed by atoms with Crippen molar-refractivity contribution < 1.29 is 15.1 Å². The first-order chi connectivity index (χ1) is 12.4. The van der Waals surface area contributed by atoms with Gasteiger partial charge in [-0.15, -0.1) is 0 Å². The van der Waals surface area contributed by atoms with Gasteiger partial charge in [0.15, 0.2) is 11.8 Å². The monoisotopic (exact) mass is 358 g/mol. The maximum atomic E-state index is 11.1. The van der Waals surface area contributed by atoms with Crippen LogP contribution in [0, 0.1) is 16.0 Å². The molecule has 1 heterocycles. The van der Waals surface area contributed by atoms with Crippen molar-refractivity contribution in [1.29, 1.82) is 0 Å². The number of rotatable bonds is 8. The molecular weight excluding hydrogens is 332 g/mol. The second-order valence-corrected chi connectivity index (χ2v) is 7.38. The van der Waals surface area contributed by atoms with E-state index in [4.69, 9.17) is 0 Å². The summed E-state index contributed by atoms with van der Waals surface area (Å²) in [6.07, 6.45) is 4.21. The highest BCUT2D eigenvalue weighted by molar-refractivity contribution is 5.77. The summed E-state index contributed by atoms with van der Waals surface area (Å²) in [5.74, 6) is 0.240. The maximum absolute atomic E-state index is 11.1. The molecule has 1 aliphatic rings. The van der Waals surface area contributed by atoms with Crippen LogP contribution < -0.4 is 0 Å². The molecule has 1 aromatic heterocycles. The number of hydrogen-bond acceptors (Lipinski definition) is 4. The zero-order valence-corrected chi connectivity index (χ0v) is 15.5. The van der Waals surface area contributed by atoms with Crippen LogP contribution in [0.2, 0.25) is 0 Å². The normalized spacial score (nSPS) is 14.5. The molecule has 0 spiro atoms. The van der Waals surface area contributed by atoms with E-state index in [0.717, 1.165) is 31.2 Å². The van der Waals surface area contributed by atoms with Crippen LogP contribution >= 0.6 is 0 Å². The minimum atomic E-state index is -0.639. The van der Waals surface area contributed by atoms with Gasteiger partial charge in [0.05, 0.1) is 10.3 Å². The third-order valence-corrected chi connectivity index (χ3v) is 5.55. The Labute approximate surface area is 153 Å². The Morgan fingerprint density at radius 1 is 1.15 bits per heavy atom. The topological polar surface area (TPSA) is 88.5 Å². The van der Waals surface area contributed by atoms with Gasteiger partial charge in [-0.05, 0) is 17.9 Å². The van der Waals surface area contributed by atoms with E-state index in [0.29, 0.717) is 17.7 Å². The van der Waals surface area contributed by atoms with Crippen LogP contribution in [0.5, 0.6) is 11.8 Å². The van der Waals surface area contributed by atoms with Crippen LogP contribution in [0.1, 0.15) is 63.1 Å². The van der Waals surface area contributed by atoms with E-state index in [2.05, 4.69) is 6.92 Å². The number of hydrogen-bond donors (Lipinski definition) is 2. The Hall–Kier alpha value is -2.50. The van der Waals surface area contributed by atoms with Gasteiger partial charge >= 0.3 is 0 Å². The van der Waals surface area contributed by atoms with Crippen LogP contribution in [0.15, 0.2) is 24.3 Å². The minimum Gasteiger partial charge on any atom is -0.494 e. The molecule has 6 nitrogen and oxygen atoms in total. The molecule has 0 radical (unpaired) electrons. The molecule has 0 saturated carbocycles. The summed E-state index contributed by atoms with van der Waals surface area (Å²) < 4.78 is 1.57. The molecule has 0 unspecified atom stereocenters. The third-order valence-electron chi connectivity index (χ3n) is 5.55. The van der Waals surface area contributed by atoms with Crippen molar-refractivity contribution in [3.63, 3.8) is 0 Å². The predicted molar refractivity (Wildman–Crippen MR) is 99.7 cm³/mol. The quantitative estimate of drug-likeness (QED) is 0.407. The van der Waals surface area contributed by atoms with E-state index in [9.17, 15) is 20.3 Å². The van der Waals surface area contributed by atoms with E-state index in [1.165, 1.54) is 6.07 Å². The number of unbranched alkanes of at least 4 members (excludes halogenated alkanes) is 3. The Morgan fingerprint density at radius 2 is 1.81 bits per heavy atom.